The van der Waals surface area contributed by atoms with E-state index < -0.39 is 11.9 Å². The summed E-state index contributed by atoms with van der Waals surface area (Å²) in [4.78, 5) is 24.1. The maximum atomic E-state index is 12.1. The average Bonchev–Trinajstić information content (AvgIpc) is 3.05. The van der Waals surface area contributed by atoms with Crippen LogP contribution in [0.25, 0.3) is 5.57 Å². The van der Waals surface area contributed by atoms with Crippen molar-refractivity contribution in [2.24, 2.45) is 0 Å². The van der Waals surface area contributed by atoms with Gasteiger partial charge in [-0.25, -0.2) is 9.59 Å². The zero-order valence-corrected chi connectivity index (χ0v) is 14.7. The fourth-order valence-corrected chi connectivity index (χ4v) is 2.42. The average molecular weight is 342 g/mol. The first-order valence-corrected chi connectivity index (χ1v) is 8.34. The second kappa shape index (κ2) is 8.87. The van der Waals surface area contributed by atoms with Crippen molar-refractivity contribution < 1.29 is 23.5 Å². The maximum Gasteiger partial charge on any atom is 0.341 e. The molecule has 0 fully saturated rings. The molecule has 0 amide bonds. The van der Waals surface area contributed by atoms with Crippen molar-refractivity contribution in [2.45, 2.75) is 27.2 Å². The van der Waals surface area contributed by atoms with Crippen LogP contribution in [0.3, 0.4) is 0 Å². The number of furan rings is 1. The van der Waals surface area contributed by atoms with Crippen LogP contribution in [0, 0.1) is 0 Å². The van der Waals surface area contributed by atoms with Gasteiger partial charge in [0, 0.05) is 18.1 Å². The van der Waals surface area contributed by atoms with Gasteiger partial charge in [-0.2, -0.15) is 0 Å². The van der Waals surface area contributed by atoms with Gasteiger partial charge in [-0.05, 0) is 25.5 Å². The summed E-state index contributed by atoms with van der Waals surface area (Å²) < 4.78 is 15.9. The summed E-state index contributed by atoms with van der Waals surface area (Å²) in [6.07, 6.45) is 1.92. The number of carbonyl (C=O) groups is 2. The van der Waals surface area contributed by atoms with Crippen LogP contribution in [0.5, 0.6) is 0 Å². The van der Waals surface area contributed by atoms with Gasteiger partial charge in [0.2, 0.25) is 0 Å². The molecule has 0 saturated carbocycles. The summed E-state index contributed by atoms with van der Waals surface area (Å²) in [6, 6.07) is 11.0. The van der Waals surface area contributed by atoms with Gasteiger partial charge in [-0.15, -0.1) is 0 Å². The molecule has 0 N–H and O–H groups in total. The van der Waals surface area contributed by atoms with Crippen LogP contribution in [0.2, 0.25) is 0 Å². The zero-order chi connectivity index (χ0) is 18.2. The monoisotopic (exact) mass is 342 g/mol. The molecule has 0 radical (unpaired) electrons. The Balaban J connectivity index is 2.51. The van der Waals surface area contributed by atoms with E-state index in [9.17, 15) is 9.59 Å². The lowest BCUT2D eigenvalue weighted by atomic mass is 10.0. The molecule has 1 aromatic heterocycles. The van der Waals surface area contributed by atoms with Gasteiger partial charge < -0.3 is 13.9 Å². The predicted octanol–water partition coefficient (Wildman–Crippen LogP) is 4.01. The molecule has 0 aliphatic rings. The van der Waals surface area contributed by atoms with Crippen LogP contribution in [-0.2, 0) is 20.7 Å². The van der Waals surface area contributed by atoms with E-state index in [0.29, 0.717) is 29.1 Å². The van der Waals surface area contributed by atoms with E-state index in [4.69, 9.17) is 13.9 Å². The molecule has 1 heterocycles. The Kier molecular flexibility index (Phi) is 6.57. The standard InChI is InChI=1S/C20H22O5/c1-4-17-16(20(22)24-6-3)12-18(25-17)15(13-19(21)23-5-2)14-10-8-7-9-11-14/h7-13H,4-6H2,1-3H3/b15-13-. The number of aryl methyl sites for hydroxylation is 1. The number of hydrogen-bond donors (Lipinski definition) is 0. The SMILES string of the molecule is CCOC(=O)/C=C(/c1ccccc1)c1cc(C(=O)OCC)c(CC)o1. The van der Waals surface area contributed by atoms with Gasteiger partial charge in [-0.1, -0.05) is 37.3 Å². The van der Waals surface area contributed by atoms with Crippen LogP contribution >= 0.6 is 0 Å². The van der Waals surface area contributed by atoms with Crippen LogP contribution in [-0.4, -0.2) is 25.2 Å². The molecule has 0 aliphatic carbocycles. The predicted molar refractivity (Wildman–Crippen MR) is 94.2 cm³/mol. The minimum absolute atomic E-state index is 0.282. The van der Waals surface area contributed by atoms with E-state index in [1.165, 1.54) is 6.08 Å². The van der Waals surface area contributed by atoms with E-state index in [1.807, 2.05) is 37.3 Å². The first-order chi connectivity index (χ1) is 12.1. The Labute approximate surface area is 147 Å². The van der Waals surface area contributed by atoms with Crippen molar-refractivity contribution in [3.63, 3.8) is 0 Å². The number of carbonyl (C=O) groups excluding carboxylic acids is 2. The molecule has 5 nitrogen and oxygen atoms in total. The molecule has 0 bridgehead atoms. The van der Waals surface area contributed by atoms with Crippen LogP contribution < -0.4 is 0 Å². The molecule has 132 valence electrons. The normalized spacial score (nSPS) is 11.2. The molecular formula is C20H22O5. The minimum Gasteiger partial charge on any atom is -0.463 e. The number of rotatable bonds is 7. The van der Waals surface area contributed by atoms with Crippen molar-refractivity contribution in [3.8, 4) is 0 Å². The summed E-state index contributed by atoms with van der Waals surface area (Å²) >= 11 is 0. The first-order valence-electron chi connectivity index (χ1n) is 8.34. The van der Waals surface area contributed by atoms with Gasteiger partial charge in [0.1, 0.15) is 17.1 Å². The number of benzene rings is 1. The Hall–Kier alpha value is -2.82. The summed E-state index contributed by atoms with van der Waals surface area (Å²) in [5, 5.41) is 0. The highest BCUT2D eigenvalue weighted by Crippen LogP contribution is 2.28. The molecule has 0 spiro atoms. The Morgan fingerprint density at radius 3 is 2.32 bits per heavy atom. The number of esters is 2. The smallest absolute Gasteiger partial charge is 0.341 e. The van der Waals surface area contributed by atoms with Gasteiger partial charge in [0.25, 0.3) is 0 Å². The highest BCUT2D eigenvalue weighted by atomic mass is 16.5. The summed E-state index contributed by atoms with van der Waals surface area (Å²) in [6.45, 7) is 5.95. The molecular weight excluding hydrogens is 320 g/mol. The van der Waals surface area contributed by atoms with Gasteiger partial charge in [-0.3, -0.25) is 0 Å². The van der Waals surface area contributed by atoms with E-state index in [2.05, 4.69) is 0 Å². The Morgan fingerprint density at radius 2 is 1.72 bits per heavy atom. The fourth-order valence-electron chi connectivity index (χ4n) is 2.42. The molecule has 25 heavy (non-hydrogen) atoms. The van der Waals surface area contributed by atoms with Crippen molar-refractivity contribution in [2.75, 3.05) is 13.2 Å². The molecule has 1 aromatic carbocycles. The summed E-state index contributed by atoms with van der Waals surface area (Å²) in [7, 11) is 0. The molecule has 0 atom stereocenters. The quantitative estimate of drug-likeness (QED) is 0.562. The van der Waals surface area contributed by atoms with Crippen molar-refractivity contribution in [3.05, 3.63) is 65.1 Å². The molecule has 2 aromatic rings. The minimum atomic E-state index is -0.464. The van der Waals surface area contributed by atoms with Crippen molar-refractivity contribution in [1.82, 2.24) is 0 Å². The van der Waals surface area contributed by atoms with Crippen molar-refractivity contribution >= 4 is 17.5 Å². The lowest BCUT2D eigenvalue weighted by molar-refractivity contribution is -0.137. The van der Waals surface area contributed by atoms with Crippen molar-refractivity contribution in [1.29, 1.82) is 0 Å². The number of hydrogen-bond acceptors (Lipinski definition) is 5. The van der Waals surface area contributed by atoms with Crippen LogP contribution in [0.1, 0.15) is 48.2 Å². The van der Waals surface area contributed by atoms with Crippen LogP contribution in [0.4, 0.5) is 0 Å². The zero-order valence-electron chi connectivity index (χ0n) is 14.7. The molecule has 0 unspecified atom stereocenters. The lowest BCUT2D eigenvalue weighted by Gasteiger charge is -2.05. The van der Waals surface area contributed by atoms with Gasteiger partial charge in [0.15, 0.2) is 0 Å². The van der Waals surface area contributed by atoms with Crippen LogP contribution in [0.15, 0.2) is 46.9 Å². The topological polar surface area (TPSA) is 65.7 Å². The second-order valence-corrected chi connectivity index (χ2v) is 5.20. The molecule has 5 heteroatoms. The Morgan fingerprint density at radius 1 is 1.04 bits per heavy atom. The summed E-state index contributed by atoms with van der Waals surface area (Å²) in [5.74, 6) is 0.0599. The third kappa shape index (κ3) is 4.59. The second-order valence-electron chi connectivity index (χ2n) is 5.20. The third-order valence-corrected chi connectivity index (χ3v) is 3.52. The van der Waals surface area contributed by atoms with E-state index in [0.717, 1.165) is 5.56 Å². The highest BCUT2D eigenvalue weighted by molar-refractivity contribution is 5.97. The van der Waals surface area contributed by atoms with Gasteiger partial charge >= 0.3 is 11.9 Å². The fraction of sp³-hybridized carbons (Fsp3) is 0.300. The molecule has 0 saturated heterocycles. The lowest BCUT2D eigenvalue weighted by Crippen LogP contribution is -2.05. The molecule has 0 aliphatic heterocycles. The van der Waals surface area contributed by atoms with E-state index in [-0.39, 0.29) is 13.2 Å². The Bertz CT molecular complexity index is 756. The summed E-state index contributed by atoms with van der Waals surface area (Å²) in [5.41, 5.74) is 1.73. The maximum absolute atomic E-state index is 12.1. The largest absolute Gasteiger partial charge is 0.463 e. The highest BCUT2D eigenvalue weighted by Gasteiger charge is 2.21. The molecule has 2 rings (SSSR count). The number of ether oxygens (including phenoxy) is 2. The van der Waals surface area contributed by atoms with E-state index >= 15 is 0 Å². The van der Waals surface area contributed by atoms with E-state index in [1.54, 1.807) is 19.9 Å². The third-order valence-electron chi connectivity index (χ3n) is 3.52. The first kappa shape index (κ1) is 18.5. The van der Waals surface area contributed by atoms with Gasteiger partial charge in [0.05, 0.1) is 13.2 Å².